The summed E-state index contributed by atoms with van der Waals surface area (Å²) in [6.07, 6.45) is -1.10. The average molecular weight is 350 g/mol. The third-order valence-corrected chi connectivity index (χ3v) is 4.20. The van der Waals surface area contributed by atoms with Crippen molar-refractivity contribution in [1.29, 1.82) is 0 Å². The number of aromatic amines is 1. The Hall–Kier alpha value is -3.68. The van der Waals surface area contributed by atoms with E-state index in [-0.39, 0.29) is 24.3 Å². The standard InChI is InChI=1S/C18H14N4O4/c19-17-20-15(21-22-17)16(23)26-18(24)25-9-14-12-7-3-1-5-10(12)11-6-2-4-8-13(11)14/h1-8,14H,9H2,(H3,19,20,21,22). The van der Waals surface area contributed by atoms with E-state index in [1.54, 1.807) is 0 Å². The highest BCUT2D eigenvalue weighted by atomic mass is 16.7. The molecule has 1 aliphatic rings. The van der Waals surface area contributed by atoms with Crippen LogP contribution < -0.4 is 5.73 Å². The number of rotatable bonds is 3. The van der Waals surface area contributed by atoms with E-state index in [9.17, 15) is 9.59 Å². The van der Waals surface area contributed by atoms with E-state index in [2.05, 4.69) is 19.9 Å². The largest absolute Gasteiger partial charge is 0.516 e. The van der Waals surface area contributed by atoms with Crippen LogP contribution in [-0.2, 0) is 9.47 Å². The Kier molecular flexibility index (Phi) is 3.85. The maximum absolute atomic E-state index is 11.9. The van der Waals surface area contributed by atoms with Crippen molar-refractivity contribution in [2.45, 2.75) is 5.92 Å². The van der Waals surface area contributed by atoms with Gasteiger partial charge in [-0.2, -0.15) is 4.98 Å². The Labute approximate surface area is 148 Å². The molecule has 2 aromatic carbocycles. The fraction of sp³-hybridized carbons (Fsp3) is 0.111. The summed E-state index contributed by atoms with van der Waals surface area (Å²) in [5.74, 6) is -1.52. The molecule has 1 heterocycles. The van der Waals surface area contributed by atoms with Crippen LogP contribution in [0, 0.1) is 0 Å². The zero-order chi connectivity index (χ0) is 18.1. The Morgan fingerprint density at radius 1 is 1.04 bits per heavy atom. The van der Waals surface area contributed by atoms with Crippen LogP contribution in [0.4, 0.5) is 10.7 Å². The molecule has 0 bridgehead atoms. The van der Waals surface area contributed by atoms with Gasteiger partial charge in [-0.25, -0.2) is 9.59 Å². The number of hydrogen-bond acceptors (Lipinski definition) is 7. The molecule has 0 saturated heterocycles. The minimum atomic E-state index is -1.10. The Morgan fingerprint density at radius 2 is 1.65 bits per heavy atom. The highest BCUT2D eigenvalue weighted by Gasteiger charge is 2.29. The predicted octanol–water partition coefficient (Wildman–Crippen LogP) is 2.49. The number of anilines is 1. The van der Waals surface area contributed by atoms with Crippen LogP contribution in [0.15, 0.2) is 48.5 Å². The second-order valence-corrected chi connectivity index (χ2v) is 5.72. The van der Waals surface area contributed by atoms with E-state index in [4.69, 9.17) is 10.5 Å². The number of fused-ring (bicyclic) bond motifs is 3. The number of nitrogens with one attached hydrogen (secondary N) is 1. The summed E-state index contributed by atoms with van der Waals surface area (Å²) in [6, 6.07) is 15.9. The van der Waals surface area contributed by atoms with Gasteiger partial charge in [-0.05, 0) is 22.3 Å². The summed E-state index contributed by atoms with van der Waals surface area (Å²) >= 11 is 0. The van der Waals surface area contributed by atoms with Crippen molar-refractivity contribution in [3.8, 4) is 11.1 Å². The van der Waals surface area contributed by atoms with Crippen LogP contribution in [0.25, 0.3) is 11.1 Å². The molecular formula is C18H14N4O4. The molecular weight excluding hydrogens is 336 g/mol. The molecule has 8 nitrogen and oxygen atoms in total. The minimum absolute atomic E-state index is 0.0542. The van der Waals surface area contributed by atoms with Gasteiger partial charge in [-0.15, -0.1) is 5.10 Å². The van der Waals surface area contributed by atoms with Crippen molar-refractivity contribution in [1.82, 2.24) is 15.2 Å². The van der Waals surface area contributed by atoms with Gasteiger partial charge in [0, 0.05) is 5.92 Å². The zero-order valence-electron chi connectivity index (χ0n) is 13.5. The minimum Gasteiger partial charge on any atom is -0.433 e. The van der Waals surface area contributed by atoms with Crippen LogP contribution >= 0.6 is 0 Å². The second-order valence-electron chi connectivity index (χ2n) is 5.72. The number of ether oxygens (including phenoxy) is 2. The molecule has 130 valence electrons. The van der Waals surface area contributed by atoms with E-state index in [1.165, 1.54) is 0 Å². The molecule has 3 aromatic rings. The van der Waals surface area contributed by atoms with Gasteiger partial charge in [-0.1, -0.05) is 48.5 Å². The smallest absolute Gasteiger partial charge is 0.433 e. The molecule has 0 unspecified atom stereocenters. The van der Waals surface area contributed by atoms with Gasteiger partial charge in [0.15, 0.2) is 0 Å². The molecule has 4 rings (SSSR count). The van der Waals surface area contributed by atoms with Gasteiger partial charge in [0.25, 0.3) is 0 Å². The average Bonchev–Trinajstić information content (AvgIpc) is 3.22. The second kappa shape index (κ2) is 6.32. The lowest BCUT2D eigenvalue weighted by Crippen LogP contribution is -2.18. The number of esters is 1. The van der Waals surface area contributed by atoms with Gasteiger partial charge in [-0.3, -0.25) is 5.10 Å². The predicted molar refractivity (Wildman–Crippen MR) is 91.3 cm³/mol. The van der Waals surface area contributed by atoms with Gasteiger partial charge in [0.1, 0.15) is 6.61 Å². The topological polar surface area (TPSA) is 120 Å². The van der Waals surface area contributed by atoms with Gasteiger partial charge in [0.2, 0.25) is 11.8 Å². The Balaban J connectivity index is 1.46. The first-order valence-electron chi connectivity index (χ1n) is 7.88. The number of hydrogen-bond donors (Lipinski definition) is 2. The summed E-state index contributed by atoms with van der Waals surface area (Å²) in [4.78, 5) is 27.2. The number of benzene rings is 2. The maximum atomic E-state index is 11.9. The van der Waals surface area contributed by atoms with Crippen molar-refractivity contribution in [2.75, 3.05) is 12.3 Å². The first-order chi connectivity index (χ1) is 12.6. The number of nitrogens with two attached hydrogens (primary N) is 1. The molecule has 0 spiro atoms. The number of H-pyrrole nitrogens is 1. The fourth-order valence-electron chi connectivity index (χ4n) is 3.11. The van der Waals surface area contributed by atoms with Crippen LogP contribution in [-0.4, -0.2) is 33.9 Å². The molecule has 26 heavy (non-hydrogen) atoms. The highest BCUT2D eigenvalue weighted by molar-refractivity contribution is 5.92. The van der Waals surface area contributed by atoms with Crippen LogP contribution in [0.5, 0.6) is 0 Å². The number of carbonyl (C=O) groups excluding carboxylic acids is 2. The molecule has 3 N–H and O–H groups in total. The lowest BCUT2D eigenvalue weighted by atomic mass is 9.98. The molecule has 0 radical (unpaired) electrons. The van der Waals surface area contributed by atoms with Gasteiger partial charge in [0.05, 0.1) is 0 Å². The maximum Gasteiger partial charge on any atom is 0.516 e. The van der Waals surface area contributed by atoms with Crippen LogP contribution in [0.3, 0.4) is 0 Å². The molecule has 0 amide bonds. The molecule has 0 aliphatic heterocycles. The summed E-state index contributed by atoms with van der Waals surface area (Å²) in [7, 11) is 0. The summed E-state index contributed by atoms with van der Waals surface area (Å²) < 4.78 is 9.76. The monoisotopic (exact) mass is 350 g/mol. The highest BCUT2D eigenvalue weighted by Crippen LogP contribution is 2.44. The molecule has 1 aromatic heterocycles. The van der Waals surface area contributed by atoms with Crippen molar-refractivity contribution in [3.05, 3.63) is 65.5 Å². The van der Waals surface area contributed by atoms with E-state index in [0.29, 0.717) is 0 Å². The molecule has 0 atom stereocenters. The SMILES string of the molecule is Nc1n[nH]c(C(=O)OC(=O)OCC2c3ccccc3-c3ccccc32)n1. The molecule has 0 saturated carbocycles. The zero-order valence-corrected chi connectivity index (χ0v) is 13.5. The lowest BCUT2D eigenvalue weighted by Gasteiger charge is -2.13. The van der Waals surface area contributed by atoms with E-state index < -0.39 is 12.1 Å². The summed E-state index contributed by atoms with van der Waals surface area (Å²) in [5.41, 5.74) is 9.65. The Bertz CT molecular complexity index is 953. The third kappa shape index (κ3) is 2.77. The van der Waals surface area contributed by atoms with E-state index in [1.807, 2.05) is 48.5 Å². The van der Waals surface area contributed by atoms with Gasteiger partial charge >= 0.3 is 12.1 Å². The number of nitrogens with zero attached hydrogens (tertiary/aromatic N) is 2. The van der Waals surface area contributed by atoms with Gasteiger partial charge < -0.3 is 15.2 Å². The number of carbonyl (C=O) groups is 2. The van der Waals surface area contributed by atoms with Crippen molar-refractivity contribution >= 4 is 18.1 Å². The fourth-order valence-corrected chi connectivity index (χ4v) is 3.11. The lowest BCUT2D eigenvalue weighted by molar-refractivity contribution is 0.0367. The van der Waals surface area contributed by atoms with E-state index in [0.717, 1.165) is 22.3 Å². The van der Waals surface area contributed by atoms with Crippen LogP contribution in [0.2, 0.25) is 0 Å². The number of nitrogen functional groups attached to an aromatic ring is 1. The van der Waals surface area contributed by atoms with Crippen molar-refractivity contribution in [2.24, 2.45) is 0 Å². The Morgan fingerprint density at radius 3 is 2.23 bits per heavy atom. The van der Waals surface area contributed by atoms with Crippen LogP contribution in [0.1, 0.15) is 27.7 Å². The third-order valence-electron chi connectivity index (χ3n) is 4.20. The molecule has 8 heteroatoms. The molecule has 0 fully saturated rings. The first kappa shape index (κ1) is 15.8. The van der Waals surface area contributed by atoms with E-state index >= 15 is 0 Å². The summed E-state index contributed by atoms with van der Waals surface area (Å²) in [6.45, 7) is 0.0542. The quantitative estimate of drug-likeness (QED) is 0.550. The first-order valence-corrected chi connectivity index (χ1v) is 7.88. The van der Waals surface area contributed by atoms with Crippen molar-refractivity contribution in [3.63, 3.8) is 0 Å². The normalized spacial score (nSPS) is 12.3. The van der Waals surface area contributed by atoms with Crippen molar-refractivity contribution < 1.29 is 19.1 Å². The molecule has 1 aliphatic carbocycles. The summed E-state index contributed by atoms with van der Waals surface area (Å²) in [5, 5.41) is 5.76. The number of aromatic nitrogens is 3.